The monoisotopic (exact) mass is 456 g/mol. The lowest BCUT2D eigenvalue weighted by Crippen LogP contribution is -2.19. The van der Waals surface area contributed by atoms with Gasteiger partial charge in [-0.1, -0.05) is 24.3 Å². The zero-order valence-corrected chi connectivity index (χ0v) is 18.4. The Morgan fingerprint density at radius 2 is 1.55 bits per heavy atom. The minimum atomic E-state index is -4.44. The molecule has 2 amide bonds. The van der Waals surface area contributed by atoms with Gasteiger partial charge in [0.25, 0.3) is 21.9 Å². The van der Waals surface area contributed by atoms with Crippen LogP contribution in [-0.4, -0.2) is 31.8 Å². The van der Waals surface area contributed by atoms with Crippen LogP contribution >= 0.6 is 12.6 Å². The van der Waals surface area contributed by atoms with Crippen LogP contribution in [0, 0.1) is 6.92 Å². The fourth-order valence-electron chi connectivity index (χ4n) is 3.05. The smallest absolute Gasteiger partial charge is 0.295 e. The number of benzene rings is 3. The Balaban J connectivity index is 1.91. The topological polar surface area (TPSA) is 113 Å². The Hall–Kier alpha value is -3.14. The SMILES string of the molecule is CNC(=O)c1cccc(C(=O)Nc2ccc(-c3ccc(C)cc3S(=O)(=O)O)c(S)c2)c1. The number of amides is 2. The van der Waals surface area contributed by atoms with Crippen LogP contribution in [0.15, 0.2) is 70.5 Å². The average Bonchev–Trinajstić information content (AvgIpc) is 2.73. The summed E-state index contributed by atoms with van der Waals surface area (Å²) in [5.74, 6) is -0.718. The lowest BCUT2D eigenvalue weighted by Gasteiger charge is -2.13. The molecule has 0 aliphatic rings. The van der Waals surface area contributed by atoms with Crippen molar-refractivity contribution < 1.29 is 22.6 Å². The molecule has 3 aromatic rings. The van der Waals surface area contributed by atoms with E-state index in [9.17, 15) is 22.6 Å². The molecule has 3 aromatic carbocycles. The van der Waals surface area contributed by atoms with E-state index in [1.165, 1.54) is 19.2 Å². The second kappa shape index (κ2) is 8.93. The largest absolute Gasteiger partial charge is 0.355 e. The van der Waals surface area contributed by atoms with Crippen molar-refractivity contribution >= 4 is 40.2 Å². The normalized spacial score (nSPS) is 11.1. The number of anilines is 1. The van der Waals surface area contributed by atoms with Crippen molar-refractivity contribution in [2.45, 2.75) is 16.7 Å². The molecule has 0 fully saturated rings. The predicted molar refractivity (Wildman–Crippen MR) is 121 cm³/mol. The first-order chi connectivity index (χ1) is 14.6. The minimum Gasteiger partial charge on any atom is -0.355 e. The first kappa shape index (κ1) is 22.5. The van der Waals surface area contributed by atoms with Gasteiger partial charge in [0.15, 0.2) is 0 Å². The Morgan fingerprint density at radius 3 is 2.16 bits per heavy atom. The molecule has 0 aliphatic carbocycles. The Kier molecular flexibility index (Phi) is 6.49. The summed E-state index contributed by atoms with van der Waals surface area (Å²) in [6, 6.07) is 15.8. The summed E-state index contributed by atoms with van der Waals surface area (Å²) in [5, 5.41) is 5.23. The van der Waals surface area contributed by atoms with E-state index < -0.39 is 16.0 Å². The van der Waals surface area contributed by atoms with Gasteiger partial charge in [0.05, 0.1) is 0 Å². The third-order valence-electron chi connectivity index (χ3n) is 4.57. The van der Waals surface area contributed by atoms with Gasteiger partial charge in [-0.05, 0) is 54.4 Å². The number of aryl methyl sites for hydroxylation is 1. The van der Waals surface area contributed by atoms with E-state index in [2.05, 4.69) is 23.3 Å². The summed E-state index contributed by atoms with van der Waals surface area (Å²) in [6.45, 7) is 1.72. The summed E-state index contributed by atoms with van der Waals surface area (Å²) in [4.78, 5) is 24.5. The number of carbonyl (C=O) groups is 2. The van der Waals surface area contributed by atoms with E-state index in [1.54, 1.807) is 55.5 Å². The van der Waals surface area contributed by atoms with Gasteiger partial charge in [-0.2, -0.15) is 8.42 Å². The van der Waals surface area contributed by atoms with Crippen molar-refractivity contribution in [2.24, 2.45) is 0 Å². The number of hydrogen-bond acceptors (Lipinski definition) is 5. The zero-order chi connectivity index (χ0) is 22.8. The zero-order valence-electron chi connectivity index (χ0n) is 16.7. The number of nitrogens with one attached hydrogen (secondary N) is 2. The summed E-state index contributed by atoms with van der Waals surface area (Å²) in [7, 11) is -2.93. The lowest BCUT2D eigenvalue weighted by atomic mass is 10.0. The van der Waals surface area contributed by atoms with Gasteiger partial charge in [-0.3, -0.25) is 14.1 Å². The van der Waals surface area contributed by atoms with Gasteiger partial charge in [-0.25, -0.2) is 0 Å². The fourth-order valence-corrected chi connectivity index (χ4v) is 4.18. The van der Waals surface area contributed by atoms with Crippen LogP contribution in [0.5, 0.6) is 0 Å². The van der Waals surface area contributed by atoms with Crippen molar-refractivity contribution in [3.8, 4) is 11.1 Å². The lowest BCUT2D eigenvalue weighted by molar-refractivity contribution is 0.0963. The van der Waals surface area contributed by atoms with Crippen LogP contribution in [0.1, 0.15) is 26.3 Å². The molecule has 31 heavy (non-hydrogen) atoms. The van der Waals surface area contributed by atoms with Gasteiger partial charge in [-0.15, -0.1) is 12.6 Å². The second-order valence-electron chi connectivity index (χ2n) is 6.82. The highest BCUT2D eigenvalue weighted by atomic mass is 32.2. The molecule has 0 radical (unpaired) electrons. The van der Waals surface area contributed by atoms with Crippen LogP contribution in [0.3, 0.4) is 0 Å². The van der Waals surface area contributed by atoms with Crippen LogP contribution in [0.2, 0.25) is 0 Å². The number of rotatable bonds is 5. The van der Waals surface area contributed by atoms with Crippen LogP contribution in [-0.2, 0) is 10.1 Å². The van der Waals surface area contributed by atoms with Crippen molar-refractivity contribution in [2.75, 3.05) is 12.4 Å². The predicted octanol–water partition coefficient (Wildman–Crippen LogP) is 3.81. The van der Waals surface area contributed by atoms with Crippen LogP contribution in [0.25, 0.3) is 11.1 Å². The average molecular weight is 457 g/mol. The Morgan fingerprint density at radius 1 is 0.903 bits per heavy atom. The standard InChI is InChI=1S/C22H20N2O5S2/c1-13-6-8-18(20(10-13)31(27,28)29)17-9-7-16(12-19(17)30)24-22(26)15-5-3-4-14(11-15)21(25)23-2/h3-12,30H,1-2H3,(H,23,25)(H,24,26)(H,27,28,29). The molecule has 0 saturated heterocycles. The summed E-state index contributed by atoms with van der Waals surface area (Å²) in [5.41, 5.74) is 2.56. The fraction of sp³-hybridized carbons (Fsp3) is 0.0909. The van der Waals surface area contributed by atoms with E-state index in [-0.39, 0.29) is 10.8 Å². The van der Waals surface area contributed by atoms with Gasteiger partial charge in [0.2, 0.25) is 0 Å². The second-order valence-corrected chi connectivity index (χ2v) is 8.69. The molecule has 0 aliphatic heterocycles. The maximum Gasteiger partial charge on any atom is 0.295 e. The minimum absolute atomic E-state index is 0.217. The number of hydrogen-bond donors (Lipinski definition) is 4. The molecule has 0 saturated carbocycles. The molecule has 0 heterocycles. The molecule has 0 unspecified atom stereocenters. The summed E-state index contributed by atoms with van der Waals surface area (Å²) in [6.07, 6.45) is 0. The summed E-state index contributed by atoms with van der Waals surface area (Å²) < 4.78 is 33.2. The molecule has 0 spiro atoms. The molecule has 3 rings (SSSR count). The van der Waals surface area contributed by atoms with Crippen LogP contribution in [0.4, 0.5) is 5.69 Å². The van der Waals surface area contributed by atoms with Crippen LogP contribution < -0.4 is 10.6 Å². The maximum atomic E-state index is 12.6. The third kappa shape index (κ3) is 5.13. The maximum absolute atomic E-state index is 12.6. The first-order valence-electron chi connectivity index (χ1n) is 9.15. The van der Waals surface area contributed by atoms with E-state index >= 15 is 0 Å². The molecule has 7 nitrogen and oxygen atoms in total. The molecule has 0 atom stereocenters. The quantitative estimate of drug-likeness (QED) is 0.345. The van der Waals surface area contributed by atoms with E-state index in [4.69, 9.17) is 0 Å². The van der Waals surface area contributed by atoms with E-state index in [0.717, 1.165) is 0 Å². The number of thiol groups is 1. The highest BCUT2D eigenvalue weighted by Crippen LogP contribution is 2.34. The van der Waals surface area contributed by atoms with Crippen molar-refractivity contribution in [1.29, 1.82) is 0 Å². The van der Waals surface area contributed by atoms with Crippen molar-refractivity contribution in [1.82, 2.24) is 5.32 Å². The Bertz CT molecular complexity index is 1290. The summed E-state index contributed by atoms with van der Waals surface area (Å²) >= 11 is 4.43. The highest BCUT2D eigenvalue weighted by Gasteiger charge is 2.19. The highest BCUT2D eigenvalue weighted by molar-refractivity contribution is 7.86. The molecule has 0 aromatic heterocycles. The van der Waals surface area contributed by atoms with Gasteiger partial charge < -0.3 is 10.6 Å². The van der Waals surface area contributed by atoms with Crippen molar-refractivity contribution in [3.63, 3.8) is 0 Å². The molecule has 9 heteroatoms. The molecule has 0 bridgehead atoms. The van der Waals surface area contributed by atoms with E-state index in [0.29, 0.717) is 38.4 Å². The molecule has 160 valence electrons. The third-order valence-corrected chi connectivity index (χ3v) is 5.84. The van der Waals surface area contributed by atoms with Gasteiger partial charge in [0, 0.05) is 34.3 Å². The molecule has 3 N–H and O–H groups in total. The van der Waals surface area contributed by atoms with Gasteiger partial charge in [0.1, 0.15) is 4.90 Å². The van der Waals surface area contributed by atoms with Crippen molar-refractivity contribution in [3.05, 3.63) is 77.4 Å². The molecular weight excluding hydrogens is 436 g/mol. The molecular formula is C22H20N2O5S2. The van der Waals surface area contributed by atoms with E-state index in [1.807, 2.05) is 0 Å². The first-order valence-corrected chi connectivity index (χ1v) is 11.0. The van der Waals surface area contributed by atoms with Gasteiger partial charge >= 0.3 is 0 Å². The number of carbonyl (C=O) groups excluding carboxylic acids is 2. The Labute approximate surface area is 185 Å².